The number of benzene rings is 2. The number of phenolic OH excluding ortho intramolecular Hbond substituents is 1. The van der Waals surface area contributed by atoms with Crippen LogP contribution in [-0.4, -0.2) is 17.0 Å². The highest BCUT2D eigenvalue weighted by atomic mass is 79.9. The quantitative estimate of drug-likeness (QED) is 0.829. The van der Waals surface area contributed by atoms with Crippen LogP contribution >= 0.6 is 31.9 Å². The number of Topliss-reactive ketones (excluding diaryl/α,β-unsaturated/α-hetero) is 1. The smallest absolute Gasteiger partial charge is 0.207 e. The Kier molecular flexibility index (Phi) is 3.56. The zero-order valence-electron chi connectivity index (χ0n) is 10.3. The first-order valence-corrected chi connectivity index (χ1v) is 7.61. The highest BCUT2D eigenvalue weighted by molar-refractivity contribution is 9.10. The molecule has 0 saturated heterocycles. The van der Waals surface area contributed by atoms with Crippen LogP contribution < -0.4 is 4.74 Å². The number of carbonyl (C=O) groups excluding carboxylic acids is 1. The molecule has 5 heteroatoms. The number of aromatic hydroxyl groups is 1. The number of ether oxygens (including phenoxy) is 1. The van der Waals surface area contributed by atoms with Crippen molar-refractivity contribution >= 4 is 37.6 Å². The molecule has 0 amide bonds. The van der Waals surface area contributed by atoms with Crippen LogP contribution in [0.15, 0.2) is 45.3 Å². The van der Waals surface area contributed by atoms with E-state index < -0.39 is 6.10 Å². The normalized spacial score (nSPS) is 16.9. The summed E-state index contributed by atoms with van der Waals surface area (Å²) in [7, 11) is 0. The van der Waals surface area contributed by atoms with Crippen LogP contribution in [0, 0.1) is 0 Å². The Balaban J connectivity index is 1.88. The number of hydrogen-bond donors (Lipinski definition) is 1. The Morgan fingerprint density at radius 1 is 1.10 bits per heavy atom. The lowest BCUT2D eigenvalue weighted by atomic mass is 10.0. The zero-order chi connectivity index (χ0) is 14.3. The Labute approximate surface area is 132 Å². The molecule has 0 fully saturated rings. The summed E-state index contributed by atoms with van der Waals surface area (Å²) in [5, 5.41) is 9.85. The van der Waals surface area contributed by atoms with Gasteiger partial charge in [-0.2, -0.15) is 0 Å². The molecule has 20 heavy (non-hydrogen) atoms. The lowest BCUT2D eigenvalue weighted by molar-refractivity contribution is 0.0857. The molecule has 0 bridgehead atoms. The largest absolute Gasteiger partial charge is 0.508 e. The summed E-state index contributed by atoms with van der Waals surface area (Å²) in [4.78, 5) is 12.3. The van der Waals surface area contributed by atoms with Gasteiger partial charge in [0.15, 0.2) is 6.10 Å². The van der Waals surface area contributed by atoms with Gasteiger partial charge in [-0.1, -0.05) is 31.9 Å². The maximum Gasteiger partial charge on any atom is 0.207 e. The third-order valence-corrected chi connectivity index (χ3v) is 4.20. The van der Waals surface area contributed by atoms with Crippen LogP contribution in [0.5, 0.6) is 11.5 Å². The molecule has 0 aliphatic carbocycles. The lowest BCUT2D eigenvalue weighted by Gasteiger charge is -2.11. The van der Waals surface area contributed by atoms with E-state index in [0.29, 0.717) is 23.3 Å². The van der Waals surface area contributed by atoms with Crippen molar-refractivity contribution in [2.75, 3.05) is 0 Å². The van der Waals surface area contributed by atoms with Crippen LogP contribution in [0.2, 0.25) is 0 Å². The van der Waals surface area contributed by atoms with Gasteiger partial charge in [0.1, 0.15) is 11.5 Å². The molecule has 1 N–H and O–H groups in total. The fourth-order valence-corrected chi connectivity index (χ4v) is 3.00. The number of phenols is 1. The van der Waals surface area contributed by atoms with Crippen molar-refractivity contribution in [3.05, 3.63) is 56.5 Å². The van der Waals surface area contributed by atoms with Crippen LogP contribution in [-0.2, 0) is 6.42 Å². The van der Waals surface area contributed by atoms with E-state index in [1.165, 1.54) is 0 Å². The maximum absolute atomic E-state index is 12.3. The van der Waals surface area contributed by atoms with Gasteiger partial charge >= 0.3 is 0 Å². The molecular formula is C15H10Br2O3. The molecule has 0 radical (unpaired) electrons. The molecule has 0 saturated carbocycles. The molecule has 1 aliphatic rings. The van der Waals surface area contributed by atoms with Gasteiger partial charge < -0.3 is 9.84 Å². The molecular weight excluding hydrogens is 388 g/mol. The van der Waals surface area contributed by atoms with Gasteiger partial charge in [-0.05, 0) is 42.0 Å². The van der Waals surface area contributed by atoms with Gasteiger partial charge in [0.2, 0.25) is 5.78 Å². The predicted molar refractivity (Wildman–Crippen MR) is 82.4 cm³/mol. The van der Waals surface area contributed by atoms with E-state index in [1.54, 1.807) is 30.3 Å². The number of hydrogen-bond acceptors (Lipinski definition) is 3. The van der Waals surface area contributed by atoms with Gasteiger partial charge in [0.05, 0.1) is 5.56 Å². The second-order valence-corrected chi connectivity index (χ2v) is 6.42. The molecule has 3 nitrogen and oxygen atoms in total. The van der Waals surface area contributed by atoms with Gasteiger partial charge in [0, 0.05) is 15.4 Å². The lowest BCUT2D eigenvalue weighted by Crippen LogP contribution is -2.23. The summed E-state index contributed by atoms with van der Waals surface area (Å²) in [6, 6.07) is 10.5. The van der Waals surface area contributed by atoms with Crippen LogP contribution in [0.4, 0.5) is 0 Å². The molecule has 0 aromatic heterocycles. The summed E-state index contributed by atoms with van der Waals surface area (Å²) < 4.78 is 7.38. The Hall–Kier alpha value is -1.33. The standard InChI is InChI=1S/C15H10Br2O3/c16-9-1-3-12(18)8(5-9)6-14-15(19)11-7-10(17)2-4-13(11)20-14/h1-5,7,14,18H,6H2. The minimum atomic E-state index is -0.584. The van der Waals surface area contributed by atoms with Crippen molar-refractivity contribution in [2.45, 2.75) is 12.5 Å². The number of halogens is 2. The molecule has 102 valence electrons. The zero-order valence-corrected chi connectivity index (χ0v) is 13.4. The first-order chi connectivity index (χ1) is 9.54. The van der Waals surface area contributed by atoms with Crippen LogP contribution in [0.3, 0.4) is 0 Å². The minimum absolute atomic E-state index is 0.0549. The van der Waals surface area contributed by atoms with E-state index in [-0.39, 0.29) is 11.5 Å². The van der Waals surface area contributed by atoms with Crippen molar-refractivity contribution < 1.29 is 14.6 Å². The molecule has 3 rings (SSSR count). The Bertz CT molecular complexity index is 698. The molecule has 1 aliphatic heterocycles. The molecule has 1 unspecified atom stereocenters. The van der Waals surface area contributed by atoms with Gasteiger partial charge in [0.25, 0.3) is 0 Å². The van der Waals surface area contributed by atoms with Crippen LogP contribution in [0.25, 0.3) is 0 Å². The summed E-state index contributed by atoms with van der Waals surface area (Å²) in [6.45, 7) is 0. The summed E-state index contributed by atoms with van der Waals surface area (Å²) in [5.74, 6) is 0.708. The second kappa shape index (κ2) is 5.22. The summed E-state index contributed by atoms with van der Waals surface area (Å²) in [5.41, 5.74) is 1.27. The van der Waals surface area contributed by atoms with Crippen molar-refractivity contribution in [2.24, 2.45) is 0 Å². The van der Waals surface area contributed by atoms with E-state index in [1.807, 2.05) is 6.07 Å². The fraction of sp³-hybridized carbons (Fsp3) is 0.133. The molecule has 2 aromatic carbocycles. The molecule has 0 spiro atoms. The van der Waals surface area contributed by atoms with Crippen molar-refractivity contribution in [3.63, 3.8) is 0 Å². The molecule has 1 heterocycles. The van der Waals surface area contributed by atoms with Crippen molar-refractivity contribution in [1.82, 2.24) is 0 Å². The second-order valence-electron chi connectivity index (χ2n) is 4.59. The first kappa shape index (κ1) is 13.6. The van der Waals surface area contributed by atoms with E-state index in [0.717, 1.165) is 8.95 Å². The third kappa shape index (κ3) is 2.47. The average molecular weight is 398 g/mol. The van der Waals surface area contributed by atoms with E-state index in [4.69, 9.17) is 4.74 Å². The fourth-order valence-electron chi connectivity index (χ4n) is 2.23. The van der Waals surface area contributed by atoms with Gasteiger partial charge in [-0.15, -0.1) is 0 Å². The Morgan fingerprint density at radius 3 is 2.60 bits per heavy atom. The number of rotatable bonds is 2. The summed E-state index contributed by atoms with van der Waals surface area (Å²) in [6.07, 6.45) is -0.240. The van der Waals surface area contributed by atoms with Crippen LogP contribution in [0.1, 0.15) is 15.9 Å². The van der Waals surface area contributed by atoms with E-state index >= 15 is 0 Å². The SMILES string of the molecule is O=C1c2cc(Br)ccc2OC1Cc1cc(Br)ccc1O. The van der Waals surface area contributed by atoms with E-state index in [2.05, 4.69) is 31.9 Å². The first-order valence-electron chi connectivity index (χ1n) is 6.02. The minimum Gasteiger partial charge on any atom is -0.508 e. The maximum atomic E-state index is 12.3. The third-order valence-electron chi connectivity index (χ3n) is 3.22. The number of carbonyl (C=O) groups is 1. The predicted octanol–water partition coefficient (Wildman–Crippen LogP) is 4.10. The number of fused-ring (bicyclic) bond motifs is 1. The average Bonchev–Trinajstić information content (AvgIpc) is 2.71. The molecule has 1 atom stereocenters. The number of ketones is 1. The van der Waals surface area contributed by atoms with Gasteiger partial charge in [-0.3, -0.25) is 4.79 Å². The Morgan fingerprint density at radius 2 is 1.80 bits per heavy atom. The van der Waals surface area contributed by atoms with Crippen molar-refractivity contribution in [3.8, 4) is 11.5 Å². The monoisotopic (exact) mass is 396 g/mol. The van der Waals surface area contributed by atoms with Crippen molar-refractivity contribution in [1.29, 1.82) is 0 Å². The molecule has 2 aromatic rings. The highest BCUT2D eigenvalue weighted by Gasteiger charge is 2.33. The topological polar surface area (TPSA) is 46.5 Å². The van der Waals surface area contributed by atoms with Gasteiger partial charge in [-0.25, -0.2) is 0 Å². The van der Waals surface area contributed by atoms with E-state index in [9.17, 15) is 9.90 Å². The summed E-state index contributed by atoms with van der Waals surface area (Å²) >= 11 is 6.70. The highest BCUT2D eigenvalue weighted by Crippen LogP contribution is 2.33.